The van der Waals surface area contributed by atoms with E-state index in [9.17, 15) is 9.59 Å². The van der Waals surface area contributed by atoms with Gasteiger partial charge in [0.1, 0.15) is 12.4 Å². The zero-order chi connectivity index (χ0) is 18.5. The number of benzene rings is 2. The average molecular weight is 353 g/mol. The minimum absolute atomic E-state index is 0.0208. The highest BCUT2D eigenvalue weighted by Crippen LogP contribution is 2.48. The van der Waals surface area contributed by atoms with Crippen molar-refractivity contribution in [1.29, 1.82) is 0 Å². The van der Waals surface area contributed by atoms with Gasteiger partial charge >= 0.3 is 5.97 Å². The number of hydrogen-bond donors (Lipinski definition) is 1. The van der Waals surface area contributed by atoms with Gasteiger partial charge in [0.15, 0.2) is 0 Å². The van der Waals surface area contributed by atoms with E-state index in [2.05, 4.69) is 0 Å². The Hall–Kier alpha value is -2.82. The molecule has 5 heteroatoms. The lowest BCUT2D eigenvalue weighted by atomic mass is 10.1. The van der Waals surface area contributed by atoms with Crippen LogP contribution in [0.5, 0.6) is 5.75 Å². The van der Waals surface area contributed by atoms with Gasteiger partial charge in [-0.1, -0.05) is 42.5 Å². The summed E-state index contributed by atoms with van der Waals surface area (Å²) in [6, 6.07) is 17.9. The lowest BCUT2D eigenvalue weighted by molar-refractivity contribution is -0.138. The van der Waals surface area contributed by atoms with Crippen LogP contribution >= 0.6 is 0 Å². The van der Waals surface area contributed by atoms with Gasteiger partial charge in [0.25, 0.3) is 0 Å². The molecule has 2 unspecified atom stereocenters. The van der Waals surface area contributed by atoms with Crippen molar-refractivity contribution < 1.29 is 19.4 Å². The Morgan fingerprint density at radius 1 is 1.12 bits per heavy atom. The maximum Gasteiger partial charge on any atom is 0.305 e. The number of ether oxygens (including phenoxy) is 1. The van der Waals surface area contributed by atoms with Gasteiger partial charge in [-0.3, -0.25) is 9.59 Å². The highest BCUT2D eigenvalue weighted by atomic mass is 16.5. The monoisotopic (exact) mass is 353 g/mol. The van der Waals surface area contributed by atoms with Crippen LogP contribution in [-0.4, -0.2) is 35.5 Å². The van der Waals surface area contributed by atoms with Crippen molar-refractivity contribution in [2.45, 2.75) is 25.4 Å². The Bertz CT molecular complexity index is 757. The molecule has 1 N–H and O–H groups in total. The molecule has 0 spiro atoms. The Morgan fingerprint density at radius 2 is 1.81 bits per heavy atom. The van der Waals surface area contributed by atoms with Crippen LogP contribution in [0.15, 0.2) is 54.6 Å². The molecule has 1 amide bonds. The standard InChI is InChI=1S/C21H23NO4/c1-22(12-11-20(23)24)21(25)19-13-18(19)16-7-9-17(10-8-16)26-14-15-5-3-2-4-6-15/h2-10,18-19H,11-14H2,1H3,(H,23,24). The van der Waals surface area contributed by atoms with E-state index in [-0.39, 0.29) is 30.7 Å². The summed E-state index contributed by atoms with van der Waals surface area (Å²) in [5, 5.41) is 8.72. The number of carbonyl (C=O) groups is 2. The number of carboxylic acid groups (broad SMARTS) is 1. The third kappa shape index (κ3) is 4.63. The van der Waals surface area contributed by atoms with Gasteiger partial charge in [0, 0.05) is 19.5 Å². The molecule has 1 aliphatic carbocycles. The first-order chi connectivity index (χ1) is 12.5. The molecule has 2 aromatic rings. The van der Waals surface area contributed by atoms with Crippen molar-refractivity contribution in [2.75, 3.05) is 13.6 Å². The fourth-order valence-corrected chi connectivity index (χ4v) is 3.05. The number of amides is 1. The summed E-state index contributed by atoms with van der Waals surface area (Å²) in [5.74, 6) is 0.131. The van der Waals surface area contributed by atoms with Gasteiger partial charge in [-0.2, -0.15) is 0 Å². The summed E-state index contributed by atoms with van der Waals surface area (Å²) in [4.78, 5) is 24.5. The second-order valence-electron chi connectivity index (χ2n) is 6.70. The quantitative estimate of drug-likeness (QED) is 0.791. The molecule has 1 fully saturated rings. The second kappa shape index (κ2) is 8.04. The van der Waals surface area contributed by atoms with E-state index in [1.807, 2.05) is 54.6 Å². The summed E-state index contributed by atoms with van der Waals surface area (Å²) in [7, 11) is 1.67. The third-order valence-corrected chi connectivity index (χ3v) is 4.70. The number of hydrogen-bond acceptors (Lipinski definition) is 3. The van der Waals surface area contributed by atoms with Crippen molar-refractivity contribution in [3.05, 3.63) is 65.7 Å². The zero-order valence-electron chi connectivity index (χ0n) is 14.8. The van der Waals surface area contributed by atoms with Gasteiger partial charge < -0.3 is 14.7 Å². The molecular formula is C21H23NO4. The average Bonchev–Trinajstić information content (AvgIpc) is 3.46. The fourth-order valence-electron chi connectivity index (χ4n) is 3.05. The Kier molecular flexibility index (Phi) is 5.56. The van der Waals surface area contributed by atoms with Gasteiger partial charge in [-0.05, 0) is 35.6 Å². The first-order valence-electron chi connectivity index (χ1n) is 8.78. The topological polar surface area (TPSA) is 66.8 Å². The van der Waals surface area contributed by atoms with Crippen LogP contribution < -0.4 is 4.74 Å². The molecule has 0 saturated heterocycles. The molecule has 136 valence electrons. The molecule has 0 aliphatic heterocycles. The minimum atomic E-state index is -0.886. The summed E-state index contributed by atoms with van der Waals surface area (Å²) in [5.41, 5.74) is 2.25. The summed E-state index contributed by atoms with van der Waals surface area (Å²) in [6.45, 7) is 0.781. The van der Waals surface area contributed by atoms with Crippen LogP contribution in [0.2, 0.25) is 0 Å². The Balaban J connectivity index is 1.50. The number of aliphatic carboxylic acids is 1. The van der Waals surface area contributed by atoms with Crippen LogP contribution in [-0.2, 0) is 16.2 Å². The van der Waals surface area contributed by atoms with Crippen molar-refractivity contribution in [3.63, 3.8) is 0 Å². The van der Waals surface area contributed by atoms with E-state index in [0.29, 0.717) is 6.61 Å². The number of rotatable bonds is 8. The van der Waals surface area contributed by atoms with E-state index in [4.69, 9.17) is 9.84 Å². The number of nitrogens with zero attached hydrogens (tertiary/aromatic N) is 1. The molecule has 0 aromatic heterocycles. The summed E-state index contributed by atoms with van der Waals surface area (Å²) >= 11 is 0. The maximum atomic E-state index is 12.3. The predicted molar refractivity (Wildman–Crippen MR) is 98.0 cm³/mol. The van der Waals surface area contributed by atoms with Crippen LogP contribution in [0.4, 0.5) is 0 Å². The number of carbonyl (C=O) groups excluding carboxylic acids is 1. The molecular weight excluding hydrogens is 330 g/mol. The lowest BCUT2D eigenvalue weighted by Crippen LogP contribution is -2.30. The van der Waals surface area contributed by atoms with Crippen LogP contribution in [0.3, 0.4) is 0 Å². The maximum absolute atomic E-state index is 12.3. The lowest BCUT2D eigenvalue weighted by Gasteiger charge is -2.16. The van der Waals surface area contributed by atoms with E-state index in [0.717, 1.165) is 23.3 Å². The SMILES string of the molecule is CN(CCC(=O)O)C(=O)C1CC1c1ccc(OCc2ccccc2)cc1. The molecule has 2 atom stereocenters. The van der Waals surface area contributed by atoms with Crippen LogP contribution in [0.1, 0.15) is 29.9 Å². The third-order valence-electron chi connectivity index (χ3n) is 4.70. The second-order valence-corrected chi connectivity index (χ2v) is 6.70. The molecule has 3 rings (SSSR count). The van der Waals surface area contributed by atoms with Crippen molar-refractivity contribution in [2.24, 2.45) is 5.92 Å². The van der Waals surface area contributed by atoms with Gasteiger partial charge in [-0.15, -0.1) is 0 Å². The smallest absolute Gasteiger partial charge is 0.305 e. The van der Waals surface area contributed by atoms with E-state index < -0.39 is 5.97 Å². The summed E-state index contributed by atoms with van der Waals surface area (Å²) < 4.78 is 5.78. The van der Waals surface area contributed by atoms with Crippen LogP contribution in [0, 0.1) is 5.92 Å². The number of carboxylic acids is 1. The molecule has 26 heavy (non-hydrogen) atoms. The molecule has 0 radical (unpaired) electrons. The Labute approximate surface area is 153 Å². The molecule has 1 saturated carbocycles. The van der Waals surface area contributed by atoms with Gasteiger partial charge in [-0.25, -0.2) is 0 Å². The predicted octanol–water partition coefficient (Wildman–Crippen LogP) is 3.30. The molecule has 2 aromatic carbocycles. The normalized spacial score (nSPS) is 18.2. The van der Waals surface area contributed by atoms with E-state index in [1.54, 1.807) is 7.05 Å². The van der Waals surface area contributed by atoms with Crippen molar-refractivity contribution in [3.8, 4) is 5.75 Å². The van der Waals surface area contributed by atoms with Crippen LogP contribution in [0.25, 0.3) is 0 Å². The summed E-state index contributed by atoms with van der Waals surface area (Å²) in [6.07, 6.45) is 0.799. The fraction of sp³-hybridized carbons (Fsp3) is 0.333. The van der Waals surface area contributed by atoms with Gasteiger partial charge in [0.2, 0.25) is 5.91 Å². The molecule has 0 heterocycles. The largest absolute Gasteiger partial charge is 0.489 e. The van der Waals surface area contributed by atoms with E-state index >= 15 is 0 Å². The van der Waals surface area contributed by atoms with Gasteiger partial charge in [0.05, 0.1) is 6.42 Å². The highest BCUT2D eigenvalue weighted by molar-refractivity contribution is 5.83. The Morgan fingerprint density at radius 3 is 2.46 bits per heavy atom. The first kappa shape index (κ1) is 18.0. The van der Waals surface area contributed by atoms with Crippen molar-refractivity contribution in [1.82, 2.24) is 4.90 Å². The molecule has 0 bridgehead atoms. The minimum Gasteiger partial charge on any atom is -0.489 e. The van der Waals surface area contributed by atoms with Crippen molar-refractivity contribution >= 4 is 11.9 Å². The molecule has 1 aliphatic rings. The zero-order valence-corrected chi connectivity index (χ0v) is 14.8. The van der Waals surface area contributed by atoms with E-state index in [1.165, 1.54) is 4.90 Å². The molecule has 5 nitrogen and oxygen atoms in total. The first-order valence-corrected chi connectivity index (χ1v) is 8.78. The highest BCUT2D eigenvalue weighted by Gasteiger charge is 2.45.